The highest BCUT2D eigenvalue weighted by Crippen LogP contribution is 2.76. The molecule has 0 amide bonds. The average Bonchev–Trinajstić information content (AvgIpc) is 3.13. The zero-order valence-corrected chi connectivity index (χ0v) is 16.4. The van der Waals surface area contributed by atoms with E-state index in [2.05, 4.69) is 6.07 Å². The molecule has 1 aromatic carbocycles. The van der Waals surface area contributed by atoms with E-state index in [-0.39, 0.29) is 24.0 Å². The summed E-state index contributed by atoms with van der Waals surface area (Å²) in [6, 6.07) is 7.81. The van der Waals surface area contributed by atoms with E-state index in [1.165, 1.54) is 7.11 Å². The highest BCUT2D eigenvalue weighted by molar-refractivity contribution is 5.83. The van der Waals surface area contributed by atoms with Crippen LogP contribution < -0.4 is 4.90 Å². The number of fused-ring (bicyclic) bond motifs is 2. The molecule has 5 heterocycles. The van der Waals surface area contributed by atoms with E-state index in [1.807, 2.05) is 48.0 Å². The monoisotopic (exact) mass is 382 g/mol. The summed E-state index contributed by atoms with van der Waals surface area (Å²) in [5, 5.41) is 23.5. The van der Waals surface area contributed by atoms with Gasteiger partial charge in [-0.3, -0.25) is 9.69 Å². The molecule has 5 fully saturated rings. The first-order valence-corrected chi connectivity index (χ1v) is 10.1. The molecular formula is C22H26N2O4. The number of methoxy groups -OCH3 is 1. The number of rotatable bonds is 1. The average molecular weight is 382 g/mol. The van der Waals surface area contributed by atoms with Gasteiger partial charge in [-0.25, -0.2) is 0 Å². The summed E-state index contributed by atoms with van der Waals surface area (Å²) in [7, 11) is 3.40. The number of hydrogen-bond donors (Lipinski definition) is 2. The van der Waals surface area contributed by atoms with Crippen molar-refractivity contribution in [1.29, 1.82) is 0 Å². The van der Waals surface area contributed by atoms with E-state index in [0.29, 0.717) is 19.3 Å². The summed E-state index contributed by atoms with van der Waals surface area (Å²) in [5.41, 5.74) is 0.633. The lowest BCUT2D eigenvalue weighted by molar-refractivity contribution is -0.223. The molecule has 7 rings (SSSR count). The molecule has 8 atom stereocenters. The van der Waals surface area contributed by atoms with Gasteiger partial charge >= 0.3 is 5.97 Å². The first-order valence-electron chi connectivity index (χ1n) is 10.1. The third-order valence-electron chi connectivity index (χ3n) is 8.87. The molecule has 2 N–H and O–H groups in total. The zero-order valence-electron chi connectivity index (χ0n) is 16.4. The molecule has 148 valence electrons. The number of carbonyl (C=O) groups is 1. The van der Waals surface area contributed by atoms with Gasteiger partial charge in [-0.1, -0.05) is 24.3 Å². The third kappa shape index (κ3) is 1.37. The predicted molar refractivity (Wildman–Crippen MR) is 102 cm³/mol. The van der Waals surface area contributed by atoms with E-state index in [9.17, 15) is 15.0 Å². The largest absolute Gasteiger partial charge is 0.469 e. The molecule has 8 unspecified atom stereocenters. The number of benzene rings is 1. The van der Waals surface area contributed by atoms with E-state index in [0.717, 1.165) is 16.8 Å². The van der Waals surface area contributed by atoms with Crippen molar-refractivity contribution in [3.8, 4) is 0 Å². The van der Waals surface area contributed by atoms with Gasteiger partial charge in [-0.05, 0) is 43.4 Å². The van der Waals surface area contributed by atoms with Crippen molar-refractivity contribution in [3.05, 3.63) is 41.5 Å². The van der Waals surface area contributed by atoms with Crippen molar-refractivity contribution in [3.63, 3.8) is 0 Å². The molecule has 6 heteroatoms. The summed E-state index contributed by atoms with van der Waals surface area (Å²) in [6.07, 6.45) is 3.05. The molecule has 1 saturated carbocycles. The molecule has 1 aromatic rings. The van der Waals surface area contributed by atoms with Crippen molar-refractivity contribution in [1.82, 2.24) is 4.90 Å². The van der Waals surface area contributed by atoms with Crippen LogP contribution in [0.25, 0.3) is 0 Å². The fourth-order valence-electron chi connectivity index (χ4n) is 7.99. The topological polar surface area (TPSA) is 73.2 Å². The van der Waals surface area contributed by atoms with Crippen LogP contribution in [0.15, 0.2) is 35.9 Å². The number of piperidine rings is 4. The molecule has 0 aromatic heterocycles. The number of aliphatic hydroxyl groups excluding tert-OH is 1. The quantitative estimate of drug-likeness (QED) is 0.565. The maximum Gasteiger partial charge on any atom is 0.314 e. The predicted octanol–water partition coefficient (Wildman–Crippen LogP) is 1.37. The van der Waals surface area contributed by atoms with Crippen LogP contribution in [-0.4, -0.2) is 59.3 Å². The van der Waals surface area contributed by atoms with Crippen LogP contribution in [0.1, 0.15) is 31.7 Å². The maximum atomic E-state index is 13.3. The number of carbonyl (C=O) groups excluding carboxylic acids is 1. The summed E-state index contributed by atoms with van der Waals surface area (Å²) < 4.78 is 5.37. The first-order chi connectivity index (χ1) is 13.4. The molecule has 28 heavy (non-hydrogen) atoms. The number of hydrogen-bond acceptors (Lipinski definition) is 6. The molecule has 4 saturated heterocycles. The normalized spacial score (nSPS) is 50.8. The van der Waals surface area contributed by atoms with Gasteiger partial charge in [0.2, 0.25) is 0 Å². The number of esters is 1. The van der Waals surface area contributed by atoms with Gasteiger partial charge in [0.05, 0.1) is 18.6 Å². The summed E-state index contributed by atoms with van der Waals surface area (Å²) in [5.74, 6) is -0.306. The zero-order chi connectivity index (χ0) is 19.6. The van der Waals surface area contributed by atoms with E-state index < -0.39 is 22.8 Å². The van der Waals surface area contributed by atoms with Gasteiger partial charge in [0.1, 0.15) is 6.23 Å². The van der Waals surface area contributed by atoms with Gasteiger partial charge in [0.15, 0.2) is 5.72 Å². The third-order valence-corrected chi connectivity index (χ3v) is 8.87. The van der Waals surface area contributed by atoms with Gasteiger partial charge in [-0.15, -0.1) is 0 Å². The van der Waals surface area contributed by atoms with Crippen molar-refractivity contribution < 1.29 is 19.7 Å². The highest BCUT2D eigenvalue weighted by atomic mass is 16.5. The Balaban J connectivity index is 1.68. The van der Waals surface area contributed by atoms with Crippen molar-refractivity contribution in [2.75, 3.05) is 19.1 Å². The Bertz CT molecular complexity index is 946. The van der Waals surface area contributed by atoms with Crippen LogP contribution in [-0.2, 0) is 14.9 Å². The number of aliphatic hydroxyl groups is 2. The Labute approximate surface area is 164 Å². The number of ether oxygens (including phenoxy) is 1. The lowest BCUT2D eigenvalue weighted by Gasteiger charge is -2.65. The molecule has 1 aliphatic carbocycles. The molecule has 1 spiro atoms. The molecule has 6 nitrogen and oxygen atoms in total. The number of nitrogens with zero attached hydrogens (tertiary/aromatic N) is 2. The molecule has 6 aliphatic rings. The van der Waals surface area contributed by atoms with Crippen molar-refractivity contribution in [2.24, 2.45) is 11.3 Å². The molecule has 5 bridgehead atoms. The lowest BCUT2D eigenvalue weighted by Crippen LogP contribution is -2.79. The van der Waals surface area contributed by atoms with Gasteiger partial charge in [-0.2, -0.15) is 0 Å². The molecule has 0 radical (unpaired) electrons. The molecular weight excluding hydrogens is 356 g/mol. The van der Waals surface area contributed by atoms with Crippen molar-refractivity contribution >= 4 is 11.7 Å². The Morgan fingerprint density at radius 2 is 2.07 bits per heavy atom. The minimum Gasteiger partial charge on any atom is -0.469 e. The summed E-state index contributed by atoms with van der Waals surface area (Å²) in [4.78, 5) is 17.3. The van der Waals surface area contributed by atoms with Crippen LogP contribution in [0.2, 0.25) is 0 Å². The second-order valence-electron chi connectivity index (χ2n) is 9.23. The second-order valence-corrected chi connectivity index (χ2v) is 9.23. The standard InChI is InChI=1S/C22H26N2O4/c1-4-12-14-9-16-22(27)20(13-7-5-6-8-15(13)23(22)2)10-17(24(16)18(12)25)21(14,11-20)19(26)28-3/h4-8,14,16-18,25,27H,9-11H2,1-3H3/b12-4+. The summed E-state index contributed by atoms with van der Waals surface area (Å²) >= 11 is 0. The minimum absolute atomic E-state index is 0.102. The number of anilines is 1. The number of para-hydroxylation sites is 1. The SMILES string of the molecule is C/C=C1/C(O)N2C3CC45CC3(C(=O)OC)C1CC2C4(O)N(C)c1ccccc15. The van der Waals surface area contributed by atoms with Crippen LogP contribution >= 0.6 is 0 Å². The van der Waals surface area contributed by atoms with Crippen LogP contribution in [0, 0.1) is 11.3 Å². The van der Waals surface area contributed by atoms with E-state index >= 15 is 0 Å². The van der Waals surface area contributed by atoms with Crippen molar-refractivity contribution in [2.45, 2.75) is 55.6 Å². The number of allylic oxidation sites excluding steroid dienone is 1. The highest BCUT2D eigenvalue weighted by Gasteiger charge is 2.84. The fourth-order valence-corrected chi connectivity index (χ4v) is 7.99. The van der Waals surface area contributed by atoms with E-state index in [4.69, 9.17) is 4.74 Å². The van der Waals surface area contributed by atoms with Crippen LogP contribution in [0.3, 0.4) is 0 Å². The van der Waals surface area contributed by atoms with Gasteiger partial charge in [0, 0.05) is 30.1 Å². The van der Waals surface area contributed by atoms with Crippen LogP contribution in [0.5, 0.6) is 0 Å². The number of likely N-dealkylation sites (N-methyl/N-ethyl adjacent to an activating group) is 1. The maximum absolute atomic E-state index is 13.3. The minimum atomic E-state index is -1.15. The Morgan fingerprint density at radius 3 is 2.79 bits per heavy atom. The van der Waals surface area contributed by atoms with E-state index in [1.54, 1.807) is 0 Å². The smallest absolute Gasteiger partial charge is 0.314 e. The summed E-state index contributed by atoms with van der Waals surface area (Å²) in [6.45, 7) is 1.93. The van der Waals surface area contributed by atoms with Gasteiger partial charge < -0.3 is 19.8 Å². The Hall–Kier alpha value is -1.89. The lowest BCUT2D eigenvalue weighted by atomic mass is 9.58. The molecule has 5 aliphatic heterocycles. The Kier molecular flexibility index (Phi) is 2.92. The fraction of sp³-hybridized carbons (Fsp3) is 0.591. The van der Waals surface area contributed by atoms with Gasteiger partial charge in [0.25, 0.3) is 0 Å². The first kappa shape index (κ1) is 17.0. The second kappa shape index (κ2) is 4.81. The van der Waals surface area contributed by atoms with Crippen LogP contribution in [0.4, 0.5) is 5.69 Å². The Morgan fingerprint density at radius 1 is 1.32 bits per heavy atom.